The Balaban J connectivity index is 1.66. The van der Waals surface area contributed by atoms with Crippen LogP contribution in [0.5, 0.6) is 0 Å². The third kappa shape index (κ3) is 3.26. The minimum atomic E-state index is 0.393. The van der Waals surface area contributed by atoms with E-state index in [4.69, 9.17) is 16.3 Å². The fourth-order valence-corrected chi connectivity index (χ4v) is 2.51. The van der Waals surface area contributed by atoms with Crippen molar-refractivity contribution < 1.29 is 4.74 Å². The fraction of sp³-hybridized carbons (Fsp3) is 0.333. The van der Waals surface area contributed by atoms with Gasteiger partial charge in [0.05, 0.1) is 12.3 Å². The Morgan fingerprint density at radius 3 is 3.05 bits per heavy atom. The van der Waals surface area contributed by atoms with Gasteiger partial charge in [0.1, 0.15) is 12.1 Å². The summed E-state index contributed by atoms with van der Waals surface area (Å²) in [4.78, 5) is 8.59. The van der Waals surface area contributed by atoms with Crippen molar-refractivity contribution in [2.75, 3.05) is 18.5 Å². The molecule has 104 valence electrons. The van der Waals surface area contributed by atoms with Crippen molar-refractivity contribution in [3.05, 3.63) is 52.9 Å². The highest BCUT2D eigenvalue weighted by molar-refractivity contribution is 6.30. The number of aromatic nitrogens is 2. The Morgan fingerprint density at radius 1 is 1.30 bits per heavy atom. The van der Waals surface area contributed by atoms with E-state index in [2.05, 4.69) is 15.3 Å². The van der Waals surface area contributed by atoms with Gasteiger partial charge in [0.15, 0.2) is 0 Å². The van der Waals surface area contributed by atoms with Gasteiger partial charge in [-0.25, -0.2) is 9.97 Å². The van der Waals surface area contributed by atoms with Crippen LogP contribution < -0.4 is 5.32 Å². The van der Waals surface area contributed by atoms with E-state index in [1.54, 1.807) is 6.33 Å². The molecule has 0 aliphatic carbocycles. The van der Waals surface area contributed by atoms with Crippen molar-refractivity contribution in [3.63, 3.8) is 0 Å². The second kappa shape index (κ2) is 6.20. The van der Waals surface area contributed by atoms with Crippen molar-refractivity contribution in [3.8, 4) is 0 Å². The molecule has 1 unspecified atom stereocenters. The zero-order chi connectivity index (χ0) is 13.8. The molecule has 1 N–H and O–H groups in total. The lowest BCUT2D eigenvalue weighted by Gasteiger charge is -2.10. The molecule has 2 heterocycles. The molecule has 5 heteroatoms. The van der Waals surface area contributed by atoms with E-state index in [0.717, 1.165) is 41.7 Å². The summed E-state index contributed by atoms with van der Waals surface area (Å²) in [7, 11) is 0. The summed E-state index contributed by atoms with van der Waals surface area (Å²) in [6, 6.07) is 9.80. The predicted octanol–water partition coefficient (Wildman–Crippen LogP) is 3.25. The molecule has 1 atom stereocenters. The maximum absolute atomic E-state index is 5.97. The van der Waals surface area contributed by atoms with Gasteiger partial charge >= 0.3 is 0 Å². The summed E-state index contributed by atoms with van der Waals surface area (Å²) < 4.78 is 5.40. The van der Waals surface area contributed by atoms with E-state index >= 15 is 0 Å². The molecular formula is C15H16ClN3O. The van der Waals surface area contributed by atoms with Gasteiger partial charge in [0.2, 0.25) is 0 Å². The first-order chi connectivity index (χ1) is 9.81. The topological polar surface area (TPSA) is 47.0 Å². The van der Waals surface area contributed by atoms with Crippen LogP contribution in [0.4, 0.5) is 5.82 Å². The van der Waals surface area contributed by atoms with Gasteiger partial charge in [-0.2, -0.15) is 0 Å². The minimum Gasteiger partial charge on any atom is -0.381 e. The number of nitrogens with zero attached hydrogens (tertiary/aromatic N) is 2. The highest BCUT2D eigenvalue weighted by atomic mass is 35.5. The zero-order valence-corrected chi connectivity index (χ0v) is 11.8. The van der Waals surface area contributed by atoms with E-state index in [9.17, 15) is 0 Å². The van der Waals surface area contributed by atoms with Crippen LogP contribution in [-0.4, -0.2) is 23.2 Å². The van der Waals surface area contributed by atoms with Crippen molar-refractivity contribution in [1.29, 1.82) is 0 Å². The molecule has 1 aromatic heterocycles. The third-order valence-electron chi connectivity index (χ3n) is 3.40. The second-order valence-corrected chi connectivity index (χ2v) is 5.31. The summed E-state index contributed by atoms with van der Waals surface area (Å²) in [5.74, 6) is 1.23. The summed E-state index contributed by atoms with van der Waals surface area (Å²) >= 11 is 5.97. The molecule has 0 radical (unpaired) electrons. The Hall–Kier alpha value is -1.65. The monoisotopic (exact) mass is 289 g/mol. The largest absolute Gasteiger partial charge is 0.381 e. The third-order valence-corrected chi connectivity index (χ3v) is 3.63. The molecule has 3 rings (SSSR count). The lowest BCUT2D eigenvalue weighted by atomic mass is 10.1. The smallest absolute Gasteiger partial charge is 0.129 e. The van der Waals surface area contributed by atoms with Crippen LogP contribution >= 0.6 is 11.6 Å². The number of halogens is 1. The molecule has 1 aliphatic heterocycles. The molecule has 0 saturated carbocycles. The van der Waals surface area contributed by atoms with Crippen molar-refractivity contribution in [1.82, 2.24) is 9.97 Å². The second-order valence-electron chi connectivity index (χ2n) is 4.87. The average molecular weight is 290 g/mol. The first kappa shape index (κ1) is 13.3. The van der Waals surface area contributed by atoms with Crippen LogP contribution in [0.3, 0.4) is 0 Å². The summed E-state index contributed by atoms with van der Waals surface area (Å²) in [5.41, 5.74) is 2.17. The van der Waals surface area contributed by atoms with Crippen LogP contribution in [0.2, 0.25) is 5.02 Å². The molecule has 4 nitrogen and oxygen atoms in total. The number of benzene rings is 1. The Morgan fingerprint density at radius 2 is 2.25 bits per heavy atom. The highest BCUT2D eigenvalue weighted by Crippen LogP contribution is 2.24. The van der Waals surface area contributed by atoms with Gasteiger partial charge in [0, 0.05) is 30.2 Å². The normalized spacial score (nSPS) is 18.1. The number of rotatable bonds is 4. The SMILES string of the molecule is Clc1cccc(CNc2cc(C3CCOC3)ncn2)c1. The van der Waals surface area contributed by atoms with Crippen molar-refractivity contribution in [2.24, 2.45) is 0 Å². The van der Waals surface area contributed by atoms with Gasteiger partial charge in [-0.1, -0.05) is 23.7 Å². The van der Waals surface area contributed by atoms with Crippen LogP contribution in [0, 0.1) is 0 Å². The molecule has 1 saturated heterocycles. The first-order valence-electron chi connectivity index (χ1n) is 6.69. The molecule has 0 bridgehead atoms. The average Bonchev–Trinajstić information content (AvgIpc) is 3.00. The number of nitrogens with one attached hydrogen (secondary N) is 1. The quantitative estimate of drug-likeness (QED) is 0.938. The van der Waals surface area contributed by atoms with Crippen molar-refractivity contribution in [2.45, 2.75) is 18.9 Å². The number of hydrogen-bond donors (Lipinski definition) is 1. The van der Waals surface area contributed by atoms with Crippen LogP contribution in [-0.2, 0) is 11.3 Å². The number of anilines is 1. The molecule has 2 aromatic rings. The lowest BCUT2D eigenvalue weighted by Crippen LogP contribution is -2.06. The van der Waals surface area contributed by atoms with Gasteiger partial charge in [-0.3, -0.25) is 0 Å². The number of ether oxygens (including phenoxy) is 1. The van der Waals surface area contributed by atoms with Crippen molar-refractivity contribution >= 4 is 17.4 Å². The summed E-state index contributed by atoms with van der Waals surface area (Å²) in [5, 5.41) is 4.05. The molecule has 20 heavy (non-hydrogen) atoms. The van der Waals surface area contributed by atoms with E-state index in [1.807, 2.05) is 30.3 Å². The molecule has 1 aliphatic rings. The highest BCUT2D eigenvalue weighted by Gasteiger charge is 2.19. The molecular weight excluding hydrogens is 274 g/mol. The van der Waals surface area contributed by atoms with Gasteiger partial charge < -0.3 is 10.1 Å². The molecule has 1 fully saturated rings. The van der Waals surface area contributed by atoms with Crippen LogP contribution in [0.1, 0.15) is 23.6 Å². The first-order valence-corrected chi connectivity index (χ1v) is 7.07. The summed E-state index contributed by atoms with van der Waals surface area (Å²) in [6.07, 6.45) is 2.64. The predicted molar refractivity (Wildman–Crippen MR) is 79.0 cm³/mol. The number of hydrogen-bond acceptors (Lipinski definition) is 4. The zero-order valence-electron chi connectivity index (χ0n) is 11.1. The maximum atomic E-state index is 5.97. The maximum Gasteiger partial charge on any atom is 0.129 e. The molecule has 1 aromatic carbocycles. The molecule has 0 spiro atoms. The van der Waals surface area contributed by atoms with E-state index in [0.29, 0.717) is 12.5 Å². The Labute approximate surface area is 123 Å². The van der Waals surface area contributed by atoms with E-state index < -0.39 is 0 Å². The lowest BCUT2D eigenvalue weighted by molar-refractivity contribution is 0.193. The Kier molecular flexibility index (Phi) is 4.14. The van der Waals surface area contributed by atoms with Crippen LogP contribution in [0.25, 0.3) is 0 Å². The van der Waals surface area contributed by atoms with Gasteiger partial charge in [-0.05, 0) is 24.1 Å². The fourth-order valence-electron chi connectivity index (χ4n) is 2.30. The molecule has 0 amide bonds. The standard InChI is InChI=1S/C15H16ClN3O/c16-13-3-1-2-11(6-13)8-17-15-7-14(18-10-19-15)12-4-5-20-9-12/h1-3,6-7,10,12H,4-5,8-9H2,(H,17,18,19). The Bertz CT molecular complexity index is 585. The van der Waals surface area contributed by atoms with Crippen LogP contribution in [0.15, 0.2) is 36.7 Å². The van der Waals surface area contributed by atoms with E-state index in [-0.39, 0.29) is 0 Å². The summed E-state index contributed by atoms with van der Waals surface area (Å²) in [6.45, 7) is 2.27. The van der Waals surface area contributed by atoms with E-state index in [1.165, 1.54) is 0 Å². The van der Waals surface area contributed by atoms with Gasteiger partial charge in [-0.15, -0.1) is 0 Å². The van der Waals surface area contributed by atoms with Gasteiger partial charge in [0.25, 0.3) is 0 Å². The minimum absolute atomic E-state index is 0.393.